The Morgan fingerprint density at radius 3 is 1.81 bits per heavy atom. The predicted molar refractivity (Wildman–Crippen MR) is 90.3 cm³/mol. The first-order chi connectivity index (χ1) is 10.2. The van der Waals surface area contributed by atoms with E-state index in [4.69, 9.17) is 0 Å². The van der Waals surface area contributed by atoms with Gasteiger partial charge >= 0.3 is 0 Å². The molecular formula is C20H36O. The largest absolute Gasteiger partial charge is 0.303 e. The van der Waals surface area contributed by atoms with Crippen molar-refractivity contribution in [1.29, 1.82) is 0 Å². The van der Waals surface area contributed by atoms with E-state index in [2.05, 4.69) is 13.8 Å². The van der Waals surface area contributed by atoms with Crippen LogP contribution in [0.2, 0.25) is 0 Å². The van der Waals surface area contributed by atoms with Crippen LogP contribution in [0.4, 0.5) is 0 Å². The zero-order valence-corrected chi connectivity index (χ0v) is 14.4. The average Bonchev–Trinajstić information content (AvgIpc) is 2.57. The summed E-state index contributed by atoms with van der Waals surface area (Å²) in [4.78, 5) is 12.3. The zero-order chi connectivity index (χ0) is 15.1. The SMILES string of the molecule is CCC(C)CCC(C=O)(C1CCCCC1)C1CCCCC1. The van der Waals surface area contributed by atoms with Gasteiger partial charge in [-0.1, -0.05) is 58.8 Å². The Kier molecular flexibility index (Phi) is 6.76. The van der Waals surface area contributed by atoms with Crippen molar-refractivity contribution in [3.8, 4) is 0 Å². The van der Waals surface area contributed by atoms with Crippen molar-refractivity contribution in [2.75, 3.05) is 0 Å². The number of carbonyl (C=O) groups is 1. The van der Waals surface area contributed by atoms with E-state index in [0.717, 1.165) is 5.92 Å². The van der Waals surface area contributed by atoms with Gasteiger partial charge in [0.15, 0.2) is 0 Å². The lowest BCUT2D eigenvalue weighted by Crippen LogP contribution is -2.42. The van der Waals surface area contributed by atoms with Crippen LogP contribution in [0.15, 0.2) is 0 Å². The topological polar surface area (TPSA) is 17.1 Å². The van der Waals surface area contributed by atoms with Crippen molar-refractivity contribution in [1.82, 2.24) is 0 Å². The third kappa shape index (κ3) is 4.11. The number of hydrogen-bond donors (Lipinski definition) is 0. The average molecular weight is 293 g/mol. The van der Waals surface area contributed by atoms with E-state index in [0.29, 0.717) is 11.8 Å². The highest BCUT2D eigenvalue weighted by Gasteiger charge is 2.45. The Bertz CT molecular complexity index is 279. The monoisotopic (exact) mass is 292 g/mol. The van der Waals surface area contributed by atoms with Crippen LogP contribution < -0.4 is 0 Å². The fraction of sp³-hybridized carbons (Fsp3) is 0.950. The number of rotatable bonds is 7. The zero-order valence-electron chi connectivity index (χ0n) is 14.4. The molecule has 0 heterocycles. The summed E-state index contributed by atoms with van der Waals surface area (Å²) in [6.07, 6.45) is 18.6. The molecule has 0 aromatic heterocycles. The van der Waals surface area contributed by atoms with E-state index in [1.165, 1.54) is 89.8 Å². The van der Waals surface area contributed by atoms with E-state index >= 15 is 0 Å². The van der Waals surface area contributed by atoms with Crippen LogP contribution in [0.5, 0.6) is 0 Å². The lowest BCUT2D eigenvalue weighted by Gasteiger charge is -2.46. The molecule has 1 unspecified atom stereocenters. The molecule has 0 spiro atoms. The summed E-state index contributed by atoms with van der Waals surface area (Å²) in [7, 11) is 0. The van der Waals surface area contributed by atoms with Gasteiger partial charge in [-0.3, -0.25) is 0 Å². The minimum atomic E-state index is 0.0320. The standard InChI is InChI=1S/C20H36O/c1-3-17(2)14-15-20(16-21,18-10-6-4-7-11-18)19-12-8-5-9-13-19/h16-19H,3-15H2,1-2H3. The van der Waals surface area contributed by atoms with Crippen LogP contribution in [-0.2, 0) is 4.79 Å². The summed E-state index contributed by atoms with van der Waals surface area (Å²) in [6.45, 7) is 4.64. The second kappa shape index (κ2) is 8.34. The van der Waals surface area contributed by atoms with Gasteiger partial charge in [0.25, 0.3) is 0 Å². The molecular weight excluding hydrogens is 256 g/mol. The first-order valence-electron chi connectivity index (χ1n) is 9.69. The molecule has 0 aromatic rings. The fourth-order valence-corrected chi connectivity index (χ4v) is 4.97. The summed E-state index contributed by atoms with van der Waals surface area (Å²) in [6, 6.07) is 0. The van der Waals surface area contributed by atoms with Gasteiger partial charge in [0.05, 0.1) is 0 Å². The Balaban J connectivity index is 2.14. The minimum Gasteiger partial charge on any atom is -0.303 e. The molecule has 0 aromatic carbocycles. The summed E-state index contributed by atoms with van der Waals surface area (Å²) >= 11 is 0. The van der Waals surface area contributed by atoms with Gasteiger partial charge < -0.3 is 4.79 Å². The molecule has 1 nitrogen and oxygen atoms in total. The van der Waals surface area contributed by atoms with Gasteiger partial charge in [-0.05, 0) is 56.3 Å². The third-order valence-corrected chi connectivity index (χ3v) is 6.72. The van der Waals surface area contributed by atoms with Crippen LogP contribution >= 0.6 is 0 Å². The Morgan fingerprint density at radius 2 is 1.43 bits per heavy atom. The third-order valence-electron chi connectivity index (χ3n) is 6.72. The molecule has 0 radical (unpaired) electrons. The molecule has 1 atom stereocenters. The van der Waals surface area contributed by atoms with E-state index in [9.17, 15) is 4.79 Å². The highest BCUT2D eigenvalue weighted by atomic mass is 16.1. The molecule has 0 saturated heterocycles. The van der Waals surface area contributed by atoms with Crippen molar-refractivity contribution >= 4 is 6.29 Å². The molecule has 2 aliphatic rings. The molecule has 2 saturated carbocycles. The molecule has 0 aliphatic heterocycles. The van der Waals surface area contributed by atoms with Gasteiger partial charge in [-0.25, -0.2) is 0 Å². The van der Waals surface area contributed by atoms with Gasteiger partial charge in [0, 0.05) is 5.41 Å². The summed E-state index contributed by atoms with van der Waals surface area (Å²) < 4.78 is 0. The van der Waals surface area contributed by atoms with Crippen LogP contribution in [-0.4, -0.2) is 6.29 Å². The molecule has 2 fully saturated rings. The van der Waals surface area contributed by atoms with Crippen LogP contribution in [0.1, 0.15) is 97.3 Å². The molecule has 0 bridgehead atoms. The Morgan fingerprint density at radius 1 is 0.952 bits per heavy atom. The smallest absolute Gasteiger partial charge is 0.126 e. The van der Waals surface area contributed by atoms with E-state index < -0.39 is 0 Å². The number of hydrogen-bond acceptors (Lipinski definition) is 1. The quantitative estimate of drug-likeness (QED) is 0.514. The van der Waals surface area contributed by atoms with Gasteiger partial charge in [0.2, 0.25) is 0 Å². The van der Waals surface area contributed by atoms with Crippen LogP contribution in [0, 0.1) is 23.2 Å². The van der Waals surface area contributed by atoms with Crippen molar-refractivity contribution in [2.45, 2.75) is 97.3 Å². The van der Waals surface area contributed by atoms with Crippen molar-refractivity contribution < 1.29 is 4.79 Å². The second-order valence-electron chi connectivity index (χ2n) is 7.95. The summed E-state index contributed by atoms with van der Waals surface area (Å²) in [5.41, 5.74) is 0.0320. The fourth-order valence-electron chi connectivity index (χ4n) is 4.97. The first kappa shape index (κ1) is 17.0. The number of aldehydes is 1. The molecule has 0 N–H and O–H groups in total. The molecule has 1 heteroatoms. The molecule has 21 heavy (non-hydrogen) atoms. The summed E-state index contributed by atoms with van der Waals surface area (Å²) in [5, 5.41) is 0. The predicted octanol–water partition coefficient (Wildman–Crippen LogP) is 6.16. The molecule has 0 amide bonds. The Labute approximate surface area is 132 Å². The van der Waals surface area contributed by atoms with Crippen LogP contribution in [0.25, 0.3) is 0 Å². The van der Waals surface area contributed by atoms with Gasteiger partial charge in [-0.2, -0.15) is 0 Å². The van der Waals surface area contributed by atoms with E-state index in [-0.39, 0.29) is 5.41 Å². The lowest BCUT2D eigenvalue weighted by atomic mass is 9.57. The van der Waals surface area contributed by atoms with Crippen molar-refractivity contribution in [2.24, 2.45) is 23.2 Å². The molecule has 2 aliphatic carbocycles. The van der Waals surface area contributed by atoms with E-state index in [1.54, 1.807) is 0 Å². The maximum absolute atomic E-state index is 12.3. The lowest BCUT2D eigenvalue weighted by molar-refractivity contribution is -0.126. The van der Waals surface area contributed by atoms with Crippen LogP contribution in [0.3, 0.4) is 0 Å². The highest BCUT2D eigenvalue weighted by Crippen LogP contribution is 2.50. The number of carbonyl (C=O) groups excluding carboxylic acids is 1. The van der Waals surface area contributed by atoms with Crippen molar-refractivity contribution in [3.05, 3.63) is 0 Å². The minimum absolute atomic E-state index is 0.0320. The highest BCUT2D eigenvalue weighted by molar-refractivity contribution is 5.61. The maximum atomic E-state index is 12.3. The first-order valence-corrected chi connectivity index (χ1v) is 9.69. The summed E-state index contributed by atoms with van der Waals surface area (Å²) in [5.74, 6) is 2.16. The normalized spacial score (nSPS) is 23.9. The molecule has 2 rings (SSSR count). The maximum Gasteiger partial charge on any atom is 0.126 e. The Hall–Kier alpha value is -0.330. The van der Waals surface area contributed by atoms with Crippen molar-refractivity contribution in [3.63, 3.8) is 0 Å². The molecule has 122 valence electrons. The van der Waals surface area contributed by atoms with Gasteiger partial charge in [0.1, 0.15) is 6.29 Å². The van der Waals surface area contributed by atoms with Gasteiger partial charge in [-0.15, -0.1) is 0 Å². The van der Waals surface area contributed by atoms with E-state index in [1.807, 2.05) is 0 Å². The second-order valence-corrected chi connectivity index (χ2v) is 7.95.